The molecule has 0 heterocycles. The van der Waals surface area contributed by atoms with E-state index in [2.05, 4.69) is 5.32 Å². The molecule has 1 atom stereocenters. The van der Waals surface area contributed by atoms with Crippen LogP contribution < -0.4 is 5.32 Å². The van der Waals surface area contributed by atoms with Crippen LogP contribution in [0.4, 0.5) is 4.39 Å². The third-order valence-electron chi connectivity index (χ3n) is 4.17. The largest absolute Gasteiger partial charge is 0.344 e. The van der Waals surface area contributed by atoms with E-state index in [1.807, 2.05) is 24.3 Å². The van der Waals surface area contributed by atoms with Crippen LogP contribution in [-0.2, 0) is 5.67 Å². The van der Waals surface area contributed by atoms with Crippen LogP contribution in [0.15, 0.2) is 60.7 Å². The number of hydrogen-bond donors (Lipinski definition) is 1. The first kappa shape index (κ1) is 16.2. The molecule has 0 fully saturated rings. The van der Waals surface area contributed by atoms with Gasteiger partial charge in [-0.1, -0.05) is 55.5 Å². The van der Waals surface area contributed by atoms with Crippen molar-refractivity contribution in [3.8, 4) is 0 Å². The Balaban J connectivity index is 2.29. The lowest BCUT2D eigenvalue weighted by Crippen LogP contribution is -2.56. The van der Waals surface area contributed by atoms with Gasteiger partial charge in [-0.05, 0) is 38.0 Å². The average Bonchev–Trinajstić information content (AvgIpc) is 2.55. The molecule has 3 heteroatoms. The quantitative estimate of drug-likeness (QED) is 0.867. The maximum Gasteiger partial charge on any atom is 0.251 e. The molecule has 0 aliphatic carbocycles. The van der Waals surface area contributed by atoms with Crippen LogP contribution in [-0.4, -0.2) is 11.4 Å². The lowest BCUT2D eigenvalue weighted by molar-refractivity contribution is 0.0380. The topological polar surface area (TPSA) is 29.1 Å². The summed E-state index contributed by atoms with van der Waals surface area (Å²) >= 11 is 0. The first-order valence-corrected chi connectivity index (χ1v) is 7.53. The van der Waals surface area contributed by atoms with Gasteiger partial charge in [-0.3, -0.25) is 4.79 Å². The summed E-state index contributed by atoms with van der Waals surface area (Å²) in [6.45, 7) is 5.25. The van der Waals surface area contributed by atoms with E-state index in [0.717, 1.165) is 0 Å². The van der Waals surface area contributed by atoms with Crippen molar-refractivity contribution in [3.05, 3.63) is 71.8 Å². The minimum atomic E-state index is -1.64. The third-order valence-corrected chi connectivity index (χ3v) is 4.17. The van der Waals surface area contributed by atoms with Crippen molar-refractivity contribution < 1.29 is 9.18 Å². The van der Waals surface area contributed by atoms with Crippen LogP contribution in [0.1, 0.15) is 43.1 Å². The zero-order chi connectivity index (χ0) is 16.2. The van der Waals surface area contributed by atoms with Crippen molar-refractivity contribution in [3.63, 3.8) is 0 Å². The van der Waals surface area contributed by atoms with Crippen LogP contribution in [0, 0.1) is 0 Å². The Morgan fingerprint density at radius 1 is 1.00 bits per heavy atom. The SMILES string of the molecule is CCC(F)(c1ccccc1)C(C)(C)NC(=O)c1ccccc1. The van der Waals surface area contributed by atoms with Gasteiger partial charge in [-0.25, -0.2) is 4.39 Å². The van der Waals surface area contributed by atoms with E-state index in [0.29, 0.717) is 11.1 Å². The van der Waals surface area contributed by atoms with E-state index in [1.54, 1.807) is 57.2 Å². The summed E-state index contributed by atoms with van der Waals surface area (Å²) in [5.74, 6) is -0.267. The molecule has 0 bridgehead atoms. The lowest BCUT2D eigenvalue weighted by Gasteiger charge is -2.41. The molecule has 2 aromatic rings. The Labute approximate surface area is 131 Å². The zero-order valence-electron chi connectivity index (χ0n) is 13.3. The van der Waals surface area contributed by atoms with Crippen LogP contribution in [0.2, 0.25) is 0 Å². The monoisotopic (exact) mass is 299 g/mol. The van der Waals surface area contributed by atoms with E-state index >= 15 is 4.39 Å². The molecular weight excluding hydrogens is 277 g/mol. The zero-order valence-corrected chi connectivity index (χ0v) is 13.3. The number of halogens is 1. The van der Waals surface area contributed by atoms with Gasteiger partial charge in [0.05, 0.1) is 5.54 Å². The molecule has 0 aromatic heterocycles. The molecule has 1 N–H and O–H groups in total. The van der Waals surface area contributed by atoms with Gasteiger partial charge in [-0.15, -0.1) is 0 Å². The number of carbonyl (C=O) groups is 1. The fourth-order valence-corrected chi connectivity index (χ4v) is 2.75. The van der Waals surface area contributed by atoms with E-state index in [1.165, 1.54) is 0 Å². The summed E-state index contributed by atoms with van der Waals surface area (Å²) in [6, 6.07) is 17.9. The Hall–Kier alpha value is -2.16. The van der Waals surface area contributed by atoms with Crippen molar-refractivity contribution in [2.75, 3.05) is 0 Å². The summed E-state index contributed by atoms with van der Waals surface area (Å²) in [6.07, 6.45) is 0.277. The Kier molecular flexibility index (Phi) is 4.65. The summed E-state index contributed by atoms with van der Waals surface area (Å²) in [5, 5.41) is 2.85. The maximum atomic E-state index is 15.7. The second kappa shape index (κ2) is 6.30. The Morgan fingerprint density at radius 2 is 1.50 bits per heavy atom. The molecule has 2 nitrogen and oxygen atoms in total. The van der Waals surface area contributed by atoms with Gasteiger partial charge >= 0.3 is 0 Å². The second-order valence-electron chi connectivity index (χ2n) is 5.97. The fourth-order valence-electron chi connectivity index (χ4n) is 2.75. The standard InChI is InChI=1S/C19H22FNO/c1-4-19(20,16-13-9-6-10-14-16)18(2,3)21-17(22)15-11-7-5-8-12-15/h5-14H,4H2,1-3H3,(H,21,22). The smallest absolute Gasteiger partial charge is 0.251 e. The van der Waals surface area contributed by atoms with Crippen LogP contribution in [0.25, 0.3) is 0 Å². The molecule has 2 rings (SSSR count). The van der Waals surface area contributed by atoms with E-state index in [4.69, 9.17) is 0 Å². The lowest BCUT2D eigenvalue weighted by atomic mass is 9.77. The first-order chi connectivity index (χ1) is 10.4. The van der Waals surface area contributed by atoms with Crippen molar-refractivity contribution in [2.24, 2.45) is 0 Å². The number of hydrogen-bond acceptors (Lipinski definition) is 1. The highest BCUT2D eigenvalue weighted by Gasteiger charge is 2.46. The molecule has 0 spiro atoms. The van der Waals surface area contributed by atoms with Crippen LogP contribution in [0.5, 0.6) is 0 Å². The van der Waals surface area contributed by atoms with Gasteiger partial charge in [0.2, 0.25) is 0 Å². The van der Waals surface area contributed by atoms with E-state index < -0.39 is 11.2 Å². The summed E-state index contributed by atoms with van der Waals surface area (Å²) < 4.78 is 15.7. The van der Waals surface area contributed by atoms with Gasteiger partial charge < -0.3 is 5.32 Å². The predicted octanol–water partition coefficient (Wildman–Crippen LogP) is 4.47. The number of benzene rings is 2. The molecule has 116 valence electrons. The van der Waals surface area contributed by atoms with Crippen LogP contribution >= 0.6 is 0 Å². The molecule has 22 heavy (non-hydrogen) atoms. The van der Waals surface area contributed by atoms with Gasteiger partial charge in [-0.2, -0.15) is 0 Å². The van der Waals surface area contributed by atoms with Gasteiger partial charge in [0.25, 0.3) is 5.91 Å². The van der Waals surface area contributed by atoms with Crippen molar-refractivity contribution >= 4 is 5.91 Å². The molecule has 1 unspecified atom stereocenters. The van der Waals surface area contributed by atoms with Crippen molar-refractivity contribution in [2.45, 2.75) is 38.4 Å². The molecule has 0 aliphatic rings. The number of alkyl halides is 1. The van der Waals surface area contributed by atoms with Gasteiger partial charge in [0.1, 0.15) is 0 Å². The number of amides is 1. The van der Waals surface area contributed by atoms with Gasteiger partial charge in [0, 0.05) is 5.56 Å². The molecule has 1 amide bonds. The normalized spacial score (nSPS) is 14.2. The first-order valence-electron chi connectivity index (χ1n) is 7.53. The highest BCUT2D eigenvalue weighted by atomic mass is 19.1. The molecule has 0 radical (unpaired) electrons. The summed E-state index contributed by atoms with van der Waals surface area (Å²) in [7, 11) is 0. The number of rotatable bonds is 5. The fraction of sp³-hybridized carbons (Fsp3) is 0.316. The molecule has 0 aliphatic heterocycles. The minimum absolute atomic E-state index is 0.267. The summed E-state index contributed by atoms with van der Waals surface area (Å²) in [4.78, 5) is 12.4. The molecule has 0 saturated carbocycles. The van der Waals surface area contributed by atoms with Crippen molar-refractivity contribution in [1.29, 1.82) is 0 Å². The Bertz CT molecular complexity index is 624. The van der Waals surface area contributed by atoms with E-state index in [-0.39, 0.29) is 12.3 Å². The highest BCUT2D eigenvalue weighted by molar-refractivity contribution is 5.94. The molecule has 2 aromatic carbocycles. The van der Waals surface area contributed by atoms with Gasteiger partial charge in [0.15, 0.2) is 5.67 Å². The minimum Gasteiger partial charge on any atom is -0.344 e. The second-order valence-corrected chi connectivity index (χ2v) is 5.97. The molecule has 0 saturated heterocycles. The number of nitrogens with one attached hydrogen (secondary N) is 1. The Morgan fingerprint density at radius 3 is 2.00 bits per heavy atom. The van der Waals surface area contributed by atoms with Crippen molar-refractivity contribution in [1.82, 2.24) is 5.32 Å². The molecular formula is C19H22FNO. The highest BCUT2D eigenvalue weighted by Crippen LogP contribution is 2.40. The average molecular weight is 299 g/mol. The number of carbonyl (C=O) groups excluding carboxylic acids is 1. The summed E-state index contributed by atoms with van der Waals surface area (Å²) in [5.41, 5.74) is -1.56. The maximum absolute atomic E-state index is 15.7. The third kappa shape index (κ3) is 3.03. The van der Waals surface area contributed by atoms with Crippen LogP contribution in [0.3, 0.4) is 0 Å². The van der Waals surface area contributed by atoms with E-state index in [9.17, 15) is 4.79 Å². The predicted molar refractivity (Wildman–Crippen MR) is 87.5 cm³/mol.